The molecule has 1 aliphatic heterocycles. The average molecular weight is 1100 g/mol. The van der Waals surface area contributed by atoms with Crippen molar-refractivity contribution in [3.63, 3.8) is 0 Å². The van der Waals surface area contributed by atoms with Crippen molar-refractivity contribution < 1.29 is 86.5 Å². The van der Waals surface area contributed by atoms with Crippen molar-refractivity contribution in [1.82, 2.24) is 4.90 Å². The molecule has 0 aliphatic carbocycles. The average Bonchev–Trinajstić information content (AvgIpc) is 3.12. The Balaban J connectivity index is 0. The Bertz CT molecular complexity index is 1730. The minimum Gasteiger partial charge on any atom is -0.644 e. The van der Waals surface area contributed by atoms with E-state index in [4.69, 9.17) is 9.84 Å². The number of hydrogen-bond acceptors (Lipinski definition) is 12. The van der Waals surface area contributed by atoms with Crippen LogP contribution >= 0.6 is 69.4 Å². The van der Waals surface area contributed by atoms with E-state index in [2.05, 4.69) is 64.4 Å². The fourth-order valence-corrected chi connectivity index (χ4v) is 12.2. The second-order valence-corrected chi connectivity index (χ2v) is 24.5. The third kappa shape index (κ3) is 29.4. The van der Waals surface area contributed by atoms with Crippen molar-refractivity contribution in [2.45, 2.75) is 61.6 Å². The molecule has 3 aromatic rings. The van der Waals surface area contributed by atoms with Crippen LogP contribution in [0.3, 0.4) is 0 Å². The molecule has 3 aromatic carbocycles. The first-order valence-electron chi connectivity index (χ1n) is 17.0. The predicted molar refractivity (Wildman–Crippen MR) is 243 cm³/mol. The van der Waals surface area contributed by atoms with Crippen molar-refractivity contribution in [2.24, 2.45) is 0 Å². The minimum atomic E-state index is -3.44. The van der Waals surface area contributed by atoms with Crippen molar-refractivity contribution >= 4 is 108 Å². The zero-order valence-electron chi connectivity index (χ0n) is 32.2. The van der Waals surface area contributed by atoms with Gasteiger partial charge in [-0.3, -0.25) is 4.90 Å². The van der Waals surface area contributed by atoms with Gasteiger partial charge in [-0.25, -0.2) is 25.3 Å². The molecular formula is C36H53Br3KNO8S6. The number of alkyl halides is 3. The molecule has 1 aliphatic rings. The Hall–Kier alpha value is 1.52. The van der Waals surface area contributed by atoms with E-state index >= 15 is 0 Å². The van der Waals surface area contributed by atoms with E-state index in [-0.39, 0.29) is 62.9 Å². The molecule has 0 spiro atoms. The van der Waals surface area contributed by atoms with Gasteiger partial charge in [-0.05, 0) is 111 Å². The number of aliphatic hydroxyl groups excluding tert-OH is 1. The van der Waals surface area contributed by atoms with Gasteiger partial charge in [-0.1, -0.05) is 101 Å². The van der Waals surface area contributed by atoms with E-state index < -0.39 is 26.6 Å². The predicted octanol–water partition coefficient (Wildman–Crippen LogP) is 5.74. The van der Waals surface area contributed by atoms with Crippen LogP contribution in [0.25, 0.3) is 0 Å². The van der Waals surface area contributed by atoms with Crippen molar-refractivity contribution in [2.75, 3.05) is 67.0 Å². The summed E-state index contributed by atoms with van der Waals surface area (Å²) in [7, 11) is -7.75. The summed E-state index contributed by atoms with van der Waals surface area (Å²) in [4.78, 5) is 3.31. The maximum absolute atomic E-state index is 12.1. The van der Waals surface area contributed by atoms with Crippen LogP contribution in [0.5, 0.6) is 0 Å². The summed E-state index contributed by atoms with van der Waals surface area (Å²) in [5, 5.41) is 10.6. The summed E-state index contributed by atoms with van der Waals surface area (Å²) < 4.78 is 74.6. The van der Waals surface area contributed by atoms with Crippen LogP contribution in [0.2, 0.25) is 0 Å². The molecule has 0 aromatic heterocycles. The Morgan fingerprint density at radius 3 is 1.27 bits per heavy atom. The smallest absolute Gasteiger partial charge is 0.644 e. The number of benzene rings is 3. The molecule has 1 heterocycles. The van der Waals surface area contributed by atoms with E-state index in [1.54, 1.807) is 43.3 Å². The number of hydrogen-bond donors (Lipinski definition) is 1. The second-order valence-electron chi connectivity index (χ2n) is 11.3. The summed E-state index contributed by atoms with van der Waals surface area (Å²) in [5.41, 5.74) is 3.16. The first-order chi connectivity index (χ1) is 25.5. The molecule has 0 amide bonds. The molecule has 1 saturated heterocycles. The van der Waals surface area contributed by atoms with Gasteiger partial charge >= 0.3 is 51.4 Å². The first-order valence-corrected chi connectivity index (χ1v) is 28.7. The molecular weight excluding hydrogens is 1050 g/mol. The summed E-state index contributed by atoms with van der Waals surface area (Å²) in [5.74, 6) is 1.26. The number of rotatable bonds is 14. The molecule has 0 unspecified atom stereocenters. The van der Waals surface area contributed by atoms with Crippen molar-refractivity contribution in [3.8, 4) is 0 Å². The van der Waals surface area contributed by atoms with Crippen molar-refractivity contribution in [1.29, 1.82) is 0 Å². The minimum absolute atomic E-state index is 0. The Morgan fingerprint density at radius 2 is 0.964 bits per heavy atom. The fraction of sp³-hybridized carbons (Fsp3) is 0.500. The molecule has 0 bridgehead atoms. The molecule has 0 radical (unpaired) electrons. The molecule has 1 N–H and O–H groups in total. The molecule has 19 heteroatoms. The molecule has 0 saturated carbocycles. The molecule has 1 fully saturated rings. The van der Waals surface area contributed by atoms with Gasteiger partial charge in [0.1, 0.15) is 0 Å². The van der Waals surface area contributed by atoms with Crippen LogP contribution in [0, 0.1) is 20.8 Å². The quantitative estimate of drug-likeness (QED) is 0.0694. The van der Waals surface area contributed by atoms with E-state index in [0.29, 0.717) is 21.3 Å². The third-order valence-electron chi connectivity index (χ3n) is 6.67. The normalized spacial score (nSPS) is 12.8. The number of halogens is 3. The Kier molecular flexibility index (Phi) is 36.4. The number of morpholine rings is 1. The maximum atomic E-state index is 12.1. The first kappa shape index (κ1) is 58.6. The Morgan fingerprint density at radius 1 is 0.636 bits per heavy atom. The van der Waals surface area contributed by atoms with E-state index in [9.17, 15) is 25.3 Å². The number of aliphatic hydroxyl groups is 1. The van der Waals surface area contributed by atoms with Crippen LogP contribution in [0.1, 0.15) is 42.9 Å². The van der Waals surface area contributed by atoms with Gasteiger partial charge in [0, 0.05) is 52.1 Å². The fourth-order valence-electron chi connectivity index (χ4n) is 3.81. The SMILES string of the molecule is BrCCCBr.CCO.Cc1ccc(S(=O)(=O)SCCCBr)cc1.Cc1ccc(S(=O)(=O)SCCCN2CCOCC2)cc1.Cc1ccc(S(=O)(=O)[S-])cc1.[K+]. The molecule has 55 heavy (non-hydrogen) atoms. The zero-order chi connectivity index (χ0) is 41.0. The van der Waals surface area contributed by atoms with Gasteiger partial charge in [-0.15, -0.1) is 0 Å². The topological polar surface area (TPSA) is 135 Å². The summed E-state index contributed by atoms with van der Waals surface area (Å²) in [6, 6.07) is 20.4. The molecule has 0 atom stereocenters. The van der Waals surface area contributed by atoms with Gasteiger partial charge in [0.05, 0.1) is 31.9 Å². The molecule has 9 nitrogen and oxygen atoms in total. The van der Waals surface area contributed by atoms with Gasteiger partial charge in [-0.2, -0.15) is 0 Å². The number of aryl methyl sites for hydroxylation is 3. The van der Waals surface area contributed by atoms with Crippen LogP contribution < -0.4 is 51.4 Å². The largest absolute Gasteiger partial charge is 1.00 e. The van der Waals surface area contributed by atoms with E-state index in [1.165, 1.54) is 18.6 Å². The number of nitrogens with zero attached hydrogens (tertiary/aromatic N) is 1. The van der Waals surface area contributed by atoms with Crippen LogP contribution in [-0.2, 0) is 43.0 Å². The summed E-state index contributed by atoms with van der Waals surface area (Å²) in [6.07, 6.45) is 2.96. The van der Waals surface area contributed by atoms with Gasteiger partial charge in [0.15, 0.2) is 0 Å². The maximum Gasteiger partial charge on any atom is 1.00 e. The van der Waals surface area contributed by atoms with E-state index in [1.807, 2.05) is 45.0 Å². The summed E-state index contributed by atoms with van der Waals surface area (Å²) >= 11 is 14.1. The molecule has 4 rings (SSSR count). The second kappa shape index (κ2) is 34.1. The van der Waals surface area contributed by atoms with Gasteiger partial charge in [0.25, 0.3) is 0 Å². The van der Waals surface area contributed by atoms with Gasteiger partial charge < -0.3 is 21.5 Å². The number of ether oxygens (including phenoxy) is 1. The van der Waals surface area contributed by atoms with Crippen LogP contribution in [0.4, 0.5) is 0 Å². The van der Waals surface area contributed by atoms with Crippen molar-refractivity contribution in [3.05, 3.63) is 89.5 Å². The van der Waals surface area contributed by atoms with Gasteiger partial charge in [0.2, 0.25) is 17.7 Å². The standard InChI is InChI=1S/C14H21NO3S2.C10H13BrO2S2.C7H8O2S2.C3H6Br2.C2H6O.K/c1-13-3-5-14(6-4-13)20(16,17)19-12-2-7-15-8-10-18-11-9-15;1-9-3-5-10(6-4-9)15(12,13)14-8-2-7-11;1-6-2-4-7(5-3-6)11(8,9)10;4-2-1-3-5;1-2-3;/h3-6H,2,7-12H2,1H3;3-6H,2,7-8H2,1H3;2-5H,1H3,(H,8,9,10);1-3H2;3H,2H2,1H3;/q;;;;;+1/p-1. The zero-order valence-corrected chi connectivity index (χ0v) is 44.9. The molecule has 308 valence electrons. The van der Waals surface area contributed by atoms with E-state index in [0.717, 1.165) is 100.0 Å². The summed E-state index contributed by atoms with van der Waals surface area (Å²) in [6.45, 7) is 12.1. The third-order valence-corrected chi connectivity index (χ3v) is 17.0. The Labute approximate surface area is 411 Å². The monoisotopic (exact) mass is 1090 g/mol. The van der Waals surface area contributed by atoms with Crippen LogP contribution in [0.15, 0.2) is 87.5 Å². The van der Waals surface area contributed by atoms with Crippen LogP contribution in [-0.4, -0.2) is 102 Å².